The summed E-state index contributed by atoms with van der Waals surface area (Å²) in [5.74, 6) is 0.711. The summed E-state index contributed by atoms with van der Waals surface area (Å²) in [7, 11) is 0. The van der Waals surface area contributed by atoms with Crippen LogP contribution in [0.25, 0.3) is 0 Å². The smallest absolute Gasteiger partial charge is 0.144 e. The Kier molecular flexibility index (Phi) is 4.16. The molecule has 3 N–H and O–H groups in total. The average Bonchev–Trinajstić information content (AvgIpc) is 2.76. The lowest BCUT2D eigenvalue weighted by atomic mass is 10.4. The van der Waals surface area contributed by atoms with Crippen LogP contribution in [-0.4, -0.2) is 26.5 Å². The van der Waals surface area contributed by atoms with E-state index >= 15 is 0 Å². The number of aryl methyl sites for hydroxylation is 1. The first-order valence-corrected chi connectivity index (χ1v) is 6.70. The van der Waals surface area contributed by atoms with Crippen molar-refractivity contribution < 1.29 is 0 Å². The standard InChI is InChI=1S/C11H13N5S2/c1-7-6-18-10(16-7)2-3-13-9-5-14-8(4-15-9)11(12)17/h4-6H,2-3H2,1H3,(H2,12,17)(H,13,15). The Balaban J connectivity index is 1.85. The molecule has 7 heteroatoms. The molecule has 0 radical (unpaired) electrons. The topological polar surface area (TPSA) is 76.7 Å². The third kappa shape index (κ3) is 3.44. The van der Waals surface area contributed by atoms with Crippen LogP contribution in [0.5, 0.6) is 0 Å². The fourth-order valence-electron chi connectivity index (χ4n) is 1.36. The van der Waals surface area contributed by atoms with Gasteiger partial charge in [-0.15, -0.1) is 11.3 Å². The second kappa shape index (κ2) is 5.83. The summed E-state index contributed by atoms with van der Waals surface area (Å²) in [6.07, 6.45) is 4.07. The summed E-state index contributed by atoms with van der Waals surface area (Å²) in [5, 5.41) is 6.34. The Morgan fingerprint density at radius 2 is 2.28 bits per heavy atom. The van der Waals surface area contributed by atoms with Gasteiger partial charge in [0, 0.05) is 24.0 Å². The van der Waals surface area contributed by atoms with E-state index in [4.69, 9.17) is 18.0 Å². The summed E-state index contributed by atoms with van der Waals surface area (Å²) in [5.41, 5.74) is 7.04. The van der Waals surface area contributed by atoms with Gasteiger partial charge in [0.05, 0.1) is 17.4 Å². The van der Waals surface area contributed by atoms with Crippen LogP contribution in [0.1, 0.15) is 16.4 Å². The Hall–Kier alpha value is -1.60. The van der Waals surface area contributed by atoms with Crippen LogP contribution in [0.4, 0.5) is 5.82 Å². The van der Waals surface area contributed by atoms with Crippen molar-refractivity contribution in [2.75, 3.05) is 11.9 Å². The molecule has 0 saturated carbocycles. The third-order valence-corrected chi connectivity index (χ3v) is 3.45. The third-order valence-electron chi connectivity index (χ3n) is 2.22. The highest BCUT2D eigenvalue weighted by molar-refractivity contribution is 7.80. The van der Waals surface area contributed by atoms with E-state index in [0.717, 1.165) is 23.7 Å². The zero-order valence-corrected chi connectivity index (χ0v) is 11.5. The van der Waals surface area contributed by atoms with Crippen LogP contribution in [0.15, 0.2) is 17.8 Å². The van der Waals surface area contributed by atoms with Gasteiger partial charge >= 0.3 is 0 Å². The number of nitrogens with two attached hydrogens (primary N) is 1. The molecule has 2 rings (SSSR count). The SMILES string of the molecule is Cc1csc(CCNc2cnc(C(N)=S)cn2)n1. The van der Waals surface area contributed by atoms with Crippen LogP contribution in [0, 0.1) is 6.92 Å². The second-order valence-electron chi connectivity index (χ2n) is 3.71. The van der Waals surface area contributed by atoms with Crippen molar-refractivity contribution in [2.45, 2.75) is 13.3 Å². The van der Waals surface area contributed by atoms with Gasteiger partial charge in [-0.2, -0.15) is 0 Å². The molecule has 0 atom stereocenters. The lowest BCUT2D eigenvalue weighted by molar-refractivity contribution is 0.973. The summed E-state index contributed by atoms with van der Waals surface area (Å²) in [4.78, 5) is 12.9. The minimum Gasteiger partial charge on any atom is -0.388 e. The number of rotatable bonds is 5. The van der Waals surface area contributed by atoms with E-state index < -0.39 is 0 Å². The first-order chi connectivity index (χ1) is 8.65. The summed E-state index contributed by atoms with van der Waals surface area (Å²) in [6.45, 7) is 2.77. The first-order valence-electron chi connectivity index (χ1n) is 5.42. The molecule has 0 spiro atoms. The molecule has 2 aromatic heterocycles. The Labute approximate surface area is 114 Å². The Morgan fingerprint density at radius 1 is 1.44 bits per heavy atom. The van der Waals surface area contributed by atoms with E-state index in [-0.39, 0.29) is 4.99 Å². The number of nitrogens with zero attached hydrogens (tertiary/aromatic N) is 3. The van der Waals surface area contributed by atoms with Crippen LogP contribution < -0.4 is 11.1 Å². The largest absolute Gasteiger partial charge is 0.388 e. The highest BCUT2D eigenvalue weighted by Gasteiger charge is 2.01. The maximum Gasteiger partial charge on any atom is 0.144 e. The van der Waals surface area contributed by atoms with Crippen LogP contribution in [0.2, 0.25) is 0 Å². The predicted octanol–water partition coefficient (Wildman–Crippen LogP) is 1.53. The van der Waals surface area contributed by atoms with Crippen molar-refractivity contribution in [1.82, 2.24) is 15.0 Å². The van der Waals surface area contributed by atoms with Gasteiger partial charge in [-0.3, -0.25) is 0 Å². The van der Waals surface area contributed by atoms with Crippen molar-refractivity contribution in [3.05, 3.63) is 34.2 Å². The van der Waals surface area contributed by atoms with Gasteiger partial charge in [-0.25, -0.2) is 15.0 Å². The second-order valence-corrected chi connectivity index (χ2v) is 5.09. The number of aromatic nitrogens is 3. The Morgan fingerprint density at radius 3 is 2.83 bits per heavy atom. The van der Waals surface area contributed by atoms with Crippen LogP contribution >= 0.6 is 23.6 Å². The molecule has 0 saturated heterocycles. The number of thiocarbonyl (C=S) groups is 1. The van der Waals surface area contributed by atoms with Gasteiger partial charge in [0.15, 0.2) is 0 Å². The molecule has 0 aliphatic rings. The molecule has 18 heavy (non-hydrogen) atoms. The highest BCUT2D eigenvalue weighted by atomic mass is 32.1. The number of hydrogen-bond donors (Lipinski definition) is 2. The average molecular weight is 279 g/mol. The van der Waals surface area contributed by atoms with E-state index in [9.17, 15) is 0 Å². The van der Waals surface area contributed by atoms with Crippen molar-refractivity contribution in [3.8, 4) is 0 Å². The van der Waals surface area contributed by atoms with Gasteiger partial charge < -0.3 is 11.1 Å². The fraction of sp³-hybridized carbons (Fsp3) is 0.273. The Bertz CT molecular complexity index is 535. The van der Waals surface area contributed by atoms with Crippen LogP contribution in [-0.2, 0) is 6.42 Å². The summed E-state index contributed by atoms with van der Waals surface area (Å²) in [6, 6.07) is 0. The zero-order chi connectivity index (χ0) is 13.0. The van der Waals surface area contributed by atoms with Gasteiger partial charge in [0.1, 0.15) is 16.5 Å². The van der Waals surface area contributed by atoms with E-state index in [2.05, 4.69) is 20.3 Å². The lowest BCUT2D eigenvalue weighted by Crippen LogP contribution is -2.13. The number of thiazole rings is 1. The first kappa shape index (κ1) is 12.8. The minimum absolute atomic E-state index is 0.257. The van der Waals surface area contributed by atoms with Gasteiger partial charge in [0.2, 0.25) is 0 Å². The van der Waals surface area contributed by atoms with E-state index in [1.165, 1.54) is 0 Å². The fourth-order valence-corrected chi connectivity index (χ4v) is 2.24. The highest BCUT2D eigenvalue weighted by Crippen LogP contribution is 2.09. The van der Waals surface area contributed by atoms with Gasteiger partial charge in [-0.05, 0) is 6.92 Å². The van der Waals surface area contributed by atoms with E-state index in [1.54, 1.807) is 23.7 Å². The lowest BCUT2D eigenvalue weighted by Gasteiger charge is -2.04. The summed E-state index contributed by atoms with van der Waals surface area (Å²) < 4.78 is 0. The van der Waals surface area contributed by atoms with Crippen molar-refractivity contribution >= 4 is 34.4 Å². The maximum absolute atomic E-state index is 5.44. The van der Waals surface area contributed by atoms with Crippen molar-refractivity contribution in [3.63, 3.8) is 0 Å². The van der Waals surface area contributed by atoms with Crippen molar-refractivity contribution in [1.29, 1.82) is 0 Å². The maximum atomic E-state index is 5.44. The molecule has 2 aromatic rings. The van der Waals surface area contributed by atoms with Crippen LogP contribution in [0.3, 0.4) is 0 Å². The molecule has 0 bridgehead atoms. The molecule has 0 amide bonds. The van der Waals surface area contributed by atoms with Crippen molar-refractivity contribution in [2.24, 2.45) is 5.73 Å². The molecule has 0 unspecified atom stereocenters. The number of anilines is 1. The van der Waals surface area contributed by atoms with E-state index in [1.807, 2.05) is 12.3 Å². The molecule has 2 heterocycles. The molecule has 94 valence electrons. The number of nitrogens with one attached hydrogen (secondary N) is 1. The number of hydrogen-bond acceptors (Lipinski definition) is 6. The summed E-state index contributed by atoms with van der Waals surface area (Å²) >= 11 is 6.48. The molecule has 0 aliphatic carbocycles. The molecule has 0 aliphatic heterocycles. The quantitative estimate of drug-likeness (QED) is 0.808. The molecule has 5 nitrogen and oxygen atoms in total. The van der Waals surface area contributed by atoms with Gasteiger partial charge in [-0.1, -0.05) is 12.2 Å². The zero-order valence-electron chi connectivity index (χ0n) is 9.88. The molecular formula is C11H13N5S2. The predicted molar refractivity (Wildman–Crippen MR) is 77.0 cm³/mol. The normalized spacial score (nSPS) is 10.3. The monoisotopic (exact) mass is 279 g/mol. The van der Waals surface area contributed by atoms with E-state index in [0.29, 0.717) is 11.5 Å². The van der Waals surface area contributed by atoms with Gasteiger partial charge in [0.25, 0.3) is 0 Å². The molecular weight excluding hydrogens is 266 g/mol. The molecule has 0 fully saturated rings. The minimum atomic E-state index is 0.257. The molecule has 0 aromatic carbocycles.